The van der Waals surface area contributed by atoms with E-state index in [1.165, 1.54) is 12.1 Å². The third kappa shape index (κ3) is 2.12. The minimum Gasteiger partial charge on any atom is -0.504 e. The van der Waals surface area contributed by atoms with Crippen LogP contribution in [-0.2, 0) is 5.54 Å². The lowest BCUT2D eigenvalue weighted by atomic mass is 10.1. The van der Waals surface area contributed by atoms with E-state index < -0.39 is 0 Å². The highest BCUT2D eigenvalue weighted by atomic mass is 16.3. The van der Waals surface area contributed by atoms with E-state index in [0.717, 1.165) is 0 Å². The van der Waals surface area contributed by atoms with E-state index in [0.29, 0.717) is 16.6 Å². The molecular formula is C14H18N2O3. The van der Waals surface area contributed by atoms with Crippen molar-refractivity contribution in [2.45, 2.75) is 26.3 Å². The number of aromatic nitrogens is 1. The molecule has 0 aliphatic carbocycles. The Bertz CT molecular complexity index is 696. The number of aromatic hydroxyl groups is 2. The maximum atomic E-state index is 12.2. The van der Waals surface area contributed by atoms with E-state index in [4.69, 9.17) is 0 Å². The third-order valence-corrected chi connectivity index (χ3v) is 3.09. The summed E-state index contributed by atoms with van der Waals surface area (Å²) in [5.41, 5.74) is 0.577. The predicted octanol–water partition coefficient (Wildman–Crippen LogP) is 2.21. The molecule has 1 aromatic carbocycles. The molecule has 102 valence electrons. The van der Waals surface area contributed by atoms with Crippen LogP contribution in [0.3, 0.4) is 0 Å². The minimum absolute atomic E-state index is 0.201. The van der Waals surface area contributed by atoms with Crippen LogP contribution >= 0.6 is 0 Å². The predicted molar refractivity (Wildman–Crippen MR) is 76.1 cm³/mol. The molecule has 0 bridgehead atoms. The van der Waals surface area contributed by atoms with Gasteiger partial charge in [-0.2, -0.15) is 0 Å². The summed E-state index contributed by atoms with van der Waals surface area (Å²) in [5, 5.41) is 22.5. The number of nitrogens with one attached hydrogen (secondary N) is 1. The van der Waals surface area contributed by atoms with Crippen molar-refractivity contribution in [3.63, 3.8) is 0 Å². The van der Waals surface area contributed by atoms with Gasteiger partial charge in [-0.15, -0.1) is 0 Å². The number of benzene rings is 1. The SMILES string of the molecule is CNc1cn(C(C)(C)C)c2cc(O)c(O)cc2c1=O. The lowest BCUT2D eigenvalue weighted by molar-refractivity contribution is 0.398. The monoisotopic (exact) mass is 262 g/mol. The summed E-state index contributed by atoms with van der Waals surface area (Å²) in [7, 11) is 1.68. The first kappa shape index (κ1) is 13.3. The maximum Gasteiger partial charge on any atom is 0.212 e. The molecule has 1 aromatic heterocycles. The molecule has 5 heteroatoms. The Labute approximate surface area is 111 Å². The normalized spacial score (nSPS) is 11.8. The van der Waals surface area contributed by atoms with Gasteiger partial charge in [0.05, 0.1) is 16.6 Å². The number of hydrogen-bond acceptors (Lipinski definition) is 4. The van der Waals surface area contributed by atoms with Crippen LogP contribution in [0, 0.1) is 0 Å². The Morgan fingerprint density at radius 1 is 1.16 bits per heavy atom. The standard InChI is InChI=1S/C14H18N2O3/c1-14(2,3)16-7-9(15-4)13(19)8-5-11(17)12(18)6-10(8)16/h5-7,15,17-18H,1-4H3. The molecule has 0 unspecified atom stereocenters. The van der Waals surface area contributed by atoms with Gasteiger partial charge in [-0.05, 0) is 26.8 Å². The Morgan fingerprint density at radius 2 is 1.74 bits per heavy atom. The second-order valence-corrected chi connectivity index (χ2v) is 5.52. The quantitative estimate of drug-likeness (QED) is 0.689. The second-order valence-electron chi connectivity index (χ2n) is 5.52. The Balaban J connectivity index is 3.00. The highest BCUT2D eigenvalue weighted by Gasteiger charge is 2.19. The van der Waals surface area contributed by atoms with Gasteiger partial charge in [0.2, 0.25) is 5.43 Å². The molecule has 0 saturated heterocycles. The van der Waals surface area contributed by atoms with E-state index in [2.05, 4.69) is 5.32 Å². The molecule has 0 atom stereocenters. The highest BCUT2D eigenvalue weighted by Crippen LogP contribution is 2.31. The summed E-state index contributed by atoms with van der Waals surface area (Å²) in [6, 6.07) is 2.72. The molecular weight excluding hydrogens is 244 g/mol. The topological polar surface area (TPSA) is 74.5 Å². The summed E-state index contributed by atoms with van der Waals surface area (Å²) < 4.78 is 1.90. The van der Waals surface area contributed by atoms with Crippen LogP contribution in [0.5, 0.6) is 11.5 Å². The first-order valence-corrected chi connectivity index (χ1v) is 6.05. The van der Waals surface area contributed by atoms with Gasteiger partial charge in [0.15, 0.2) is 11.5 Å². The number of hydrogen-bond donors (Lipinski definition) is 3. The van der Waals surface area contributed by atoms with Crippen molar-refractivity contribution in [1.29, 1.82) is 0 Å². The number of pyridine rings is 1. The maximum absolute atomic E-state index is 12.2. The van der Waals surface area contributed by atoms with Crippen LogP contribution in [0.15, 0.2) is 23.1 Å². The van der Waals surface area contributed by atoms with E-state index in [1.54, 1.807) is 13.2 Å². The van der Waals surface area contributed by atoms with Gasteiger partial charge in [-0.1, -0.05) is 0 Å². The van der Waals surface area contributed by atoms with Gasteiger partial charge < -0.3 is 20.1 Å². The Hall–Kier alpha value is -2.17. The van der Waals surface area contributed by atoms with Gasteiger partial charge >= 0.3 is 0 Å². The molecule has 0 spiro atoms. The molecule has 0 amide bonds. The fourth-order valence-corrected chi connectivity index (χ4v) is 2.08. The average Bonchev–Trinajstić information content (AvgIpc) is 2.31. The fraction of sp³-hybridized carbons (Fsp3) is 0.357. The number of nitrogens with zero attached hydrogens (tertiary/aromatic N) is 1. The number of rotatable bonds is 1. The number of phenols is 2. The van der Waals surface area contributed by atoms with Crippen LogP contribution in [0.4, 0.5) is 5.69 Å². The zero-order valence-electron chi connectivity index (χ0n) is 11.5. The van der Waals surface area contributed by atoms with E-state index in [1.807, 2.05) is 25.3 Å². The van der Waals surface area contributed by atoms with Gasteiger partial charge in [0.1, 0.15) is 0 Å². The van der Waals surface area contributed by atoms with E-state index in [-0.39, 0.29) is 22.5 Å². The highest BCUT2D eigenvalue weighted by molar-refractivity contribution is 5.85. The molecule has 2 rings (SSSR count). The Morgan fingerprint density at radius 3 is 2.26 bits per heavy atom. The summed E-state index contributed by atoms with van der Waals surface area (Å²) in [6.45, 7) is 6.00. The molecule has 0 fully saturated rings. The van der Waals surface area contributed by atoms with Crippen LogP contribution in [0.25, 0.3) is 10.9 Å². The van der Waals surface area contributed by atoms with Crippen LogP contribution in [0.1, 0.15) is 20.8 Å². The first-order valence-electron chi connectivity index (χ1n) is 6.05. The fourth-order valence-electron chi connectivity index (χ4n) is 2.08. The van der Waals surface area contributed by atoms with Crippen molar-refractivity contribution in [3.05, 3.63) is 28.6 Å². The van der Waals surface area contributed by atoms with Crippen molar-refractivity contribution in [3.8, 4) is 11.5 Å². The van der Waals surface area contributed by atoms with Crippen LogP contribution in [0.2, 0.25) is 0 Å². The molecule has 1 heterocycles. The molecule has 3 N–H and O–H groups in total. The van der Waals surface area contributed by atoms with Crippen molar-refractivity contribution in [1.82, 2.24) is 4.57 Å². The zero-order valence-corrected chi connectivity index (χ0v) is 11.5. The lowest BCUT2D eigenvalue weighted by Gasteiger charge is -2.26. The summed E-state index contributed by atoms with van der Waals surface area (Å²) in [4.78, 5) is 12.2. The van der Waals surface area contributed by atoms with Crippen LogP contribution < -0.4 is 10.7 Å². The first-order chi connectivity index (χ1) is 8.75. The average molecular weight is 262 g/mol. The number of phenolic OH excluding ortho intramolecular Hbond substituents is 2. The molecule has 2 aromatic rings. The second kappa shape index (κ2) is 4.19. The number of fused-ring (bicyclic) bond motifs is 1. The summed E-state index contributed by atoms with van der Waals surface area (Å²) in [5.74, 6) is -0.527. The van der Waals surface area contributed by atoms with Crippen molar-refractivity contribution < 1.29 is 10.2 Å². The van der Waals surface area contributed by atoms with Gasteiger partial charge in [-0.25, -0.2) is 0 Å². The molecule has 0 saturated carbocycles. The molecule has 19 heavy (non-hydrogen) atoms. The lowest BCUT2D eigenvalue weighted by Crippen LogP contribution is -2.25. The molecule has 0 aliphatic rings. The van der Waals surface area contributed by atoms with Gasteiger partial charge in [0.25, 0.3) is 0 Å². The van der Waals surface area contributed by atoms with Gasteiger partial charge in [0, 0.05) is 24.8 Å². The zero-order chi connectivity index (χ0) is 14.4. The smallest absolute Gasteiger partial charge is 0.212 e. The minimum atomic E-state index is -0.293. The largest absolute Gasteiger partial charge is 0.504 e. The van der Waals surface area contributed by atoms with Gasteiger partial charge in [-0.3, -0.25) is 4.79 Å². The Kier molecular flexibility index (Phi) is 2.92. The van der Waals surface area contributed by atoms with E-state index >= 15 is 0 Å². The van der Waals surface area contributed by atoms with Crippen molar-refractivity contribution >= 4 is 16.6 Å². The number of anilines is 1. The van der Waals surface area contributed by atoms with E-state index in [9.17, 15) is 15.0 Å². The molecule has 5 nitrogen and oxygen atoms in total. The van der Waals surface area contributed by atoms with Crippen LogP contribution in [-0.4, -0.2) is 21.8 Å². The summed E-state index contributed by atoms with van der Waals surface area (Å²) >= 11 is 0. The van der Waals surface area contributed by atoms with Crippen molar-refractivity contribution in [2.75, 3.05) is 12.4 Å². The van der Waals surface area contributed by atoms with Crippen molar-refractivity contribution in [2.24, 2.45) is 0 Å². The summed E-state index contributed by atoms with van der Waals surface area (Å²) in [6.07, 6.45) is 1.72. The molecule has 0 aliphatic heterocycles. The molecule has 0 radical (unpaired) electrons. The third-order valence-electron chi connectivity index (χ3n) is 3.09.